The van der Waals surface area contributed by atoms with E-state index in [1.165, 1.54) is 6.07 Å². The number of anilines is 1. The van der Waals surface area contributed by atoms with Crippen molar-refractivity contribution in [1.82, 2.24) is 5.32 Å². The summed E-state index contributed by atoms with van der Waals surface area (Å²) in [6.07, 6.45) is -0.496. The van der Waals surface area contributed by atoms with Crippen molar-refractivity contribution in [2.24, 2.45) is 5.73 Å². The van der Waals surface area contributed by atoms with Crippen LogP contribution in [0.4, 0.5) is 10.5 Å². The number of carbonyl (C=O) groups excluding carboxylic acids is 2. The van der Waals surface area contributed by atoms with Crippen molar-refractivity contribution in [2.45, 2.75) is 12.5 Å². The first-order valence-corrected chi connectivity index (χ1v) is 5.94. The molecule has 1 aliphatic heterocycles. The van der Waals surface area contributed by atoms with E-state index in [4.69, 9.17) is 20.3 Å². The van der Waals surface area contributed by atoms with Gasteiger partial charge in [-0.2, -0.15) is 0 Å². The minimum Gasteiger partial charge on any atom is -0.480 e. The quantitative estimate of drug-likeness (QED) is 0.596. The van der Waals surface area contributed by atoms with Crippen LogP contribution in [0.25, 0.3) is 0 Å². The van der Waals surface area contributed by atoms with Crippen molar-refractivity contribution < 1.29 is 29.0 Å². The summed E-state index contributed by atoms with van der Waals surface area (Å²) in [6.45, 7) is 0.102. The Morgan fingerprint density at radius 3 is 2.67 bits per heavy atom. The highest BCUT2D eigenvalue weighted by molar-refractivity contribution is 5.94. The number of aliphatic carboxylic acids is 1. The van der Waals surface area contributed by atoms with Gasteiger partial charge in [0, 0.05) is 11.8 Å². The number of urea groups is 1. The van der Waals surface area contributed by atoms with E-state index in [0.717, 1.165) is 0 Å². The lowest BCUT2D eigenvalue weighted by molar-refractivity contribution is -0.140. The van der Waals surface area contributed by atoms with E-state index in [-0.39, 0.29) is 6.79 Å². The summed E-state index contributed by atoms with van der Waals surface area (Å²) in [4.78, 5) is 33.3. The Labute approximate surface area is 119 Å². The molecule has 0 spiro atoms. The summed E-state index contributed by atoms with van der Waals surface area (Å²) >= 11 is 0. The van der Waals surface area contributed by atoms with Crippen LogP contribution in [0, 0.1) is 0 Å². The molecule has 1 aromatic rings. The third-order valence-electron chi connectivity index (χ3n) is 2.64. The number of carboxylic acid groups (broad SMARTS) is 1. The highest BCUT2D eigenvalue weighted by Gasteiger charge is 2.22. The van der Waals surface area contributed by atoms with Gasteiger partial charge in [0.1, 0.15) is 6.04 Å². The number of hydrogen-bond acceptors (Lipinski definition) is 5. The molecule has 0 bridgehead atoms. The third kappa shape index (κ3) is 3.75. The Kier molecular flexibility index (Phi) is 4.12. The van der Waals surface area contributed by atoms with Gasteiger partial charge in [0.2, 0.25) is 12.7 Å². The van der Waals surface area contributed by atoms with Gasteiger partial charge in [0.15, 0.2) is 11.5 Å². The molecule has 2 rings (SSSR count). The van der Waals surface area contributed by atoms with Gasteiger partial charge in [-0.3, -0.25) is 4.79 Å². The summed E-state index contributed by atoms with van der Waals surface area (Å²) in [6, 6.07) is 2.54. The van der Waals surface area contributed by atoms with Gasteiger partial charge in [0.05, 0.1) is 6.42 Å². The number of primary amides is 1. The van der Waals surface area contributed by atoms with Crippen LogP contribution in [-0.4, -0.2) is 35.8 Å². The fourth-order valence-electron chi connectivity index (χ4n) is 1.70. The molecule has 0 radical (unpaired) electrons. The Balaban J connectivity index is 1.97. The number of nitrogens with one attached hydrogen (secondary N) is 2. The zero-order valence-corrected chi connectivity index (χ0v) is 10.8. The molecule has 21 heavy (non-hydrogen) atoms. The highest BCUT2D eigenvalue weighted by atomic mass is 16.7. The second-order valence-electron chi connectivity index (χ2n) is 4.23. The summed E-state index contributed by atoms with van der Waals surface area (Å²) in [5.74, 6) is -1.15. The summed E-state index contributed by atoms with van der Waals surface area (Å²) in [5.41, 5.74) is 5.31. The van der Waals surface area contributed by atoms with E-state index in [1.54, 1.807) is 12.1 Å². The molecule has 1 heterocycles. The summed E-state index contributed by atoms with van der Waals surface area (Å²) in [7, 11) is 0. The normalized spacial score (nSPS) is 13.3. The molecule has 9 heteroatoms. The van der Waals surface area contributed by atoms with Gasteiger partial charge in [-0.25, -0.2) is 9.59 Å². The zero-order valence-electron chi connectivity index (χ0n) is 10.8. The lowest BCUT2D eigenvalue weighted by atomic mass is 10.2. The molecule has 0 aromatic heterocycles. The minimum absolute atomic E-state index is 0.102. The SMILES string of the molecule is NC(=O)C[C@H](NC(=O)Nc1ccc2c(c1)OCO2)C(=O)O. The molecule has 0 aliphatic carbocycles. The number of rotatable bonds is 5. The first kappa shape index (κ1) is 14.4. The zero-order chi connectivity index (χ0) is 15.4. The summed E-state index contributed by atoms with van der Waals surface area (Å²) < 4.78 is 10.3. The Bertz CT molecular complexity index is 588. The van der Waals surface area contributed by atoms with Crippen LogP contribution in [0.1, 0.15) is 6.42 Å². The van der Waals surface area contributed by atoms with Crippen molar-refractivity contribution in [3.63, 3.8) is 0 Å². The van der Waals surface area contributed by atoms with Gasteiger partial charge < -0.3 is 30.9 Å². The highest BCUT2D eigenvalue weighted by Crippen LogP contribution is 2.34. The van der Waals surface area contributed by atoms with Gasteiger partial charge >= 0.3 is 12.0 Å². The molecular formula is C12H13N3O6. The van der Waals surface area contributed by atoms with Crippen LogP contribution in [0.2, 0.25) is 0 Å². The molecule has 112 valence electrons. The molecule has 9 nitrogen and oxygen atoms in total. The molecule has 0 saturated heterocycles. The van der Waals surface area contributed by atoms with E-state index < -0.39 is 30.4 Å². The Morgan fingerprint density at radius 2 is 2.00 bits per heavy atom. The second-order valence-corrected chi connectivity index (χ2v) is 4.23. The molecule has 3 amide bonds. The number of nitrogens with two attached hydrogens (primary N) is 1. The van der Waals surface area contributed by atoms with Crippen molar-refractivity contribution in [1.29, 1.82) is 0 Å². The number of hydrogen-bond donors (Lipinski definition) is 4. The van der Waals surface area contributed by atoms with E-state index in [9.17, 15) is 14.4 Å². The molecule has 1 aliphatic rings. The molecule has 0 unspecified atom stereocenters. The topological polar surface area (TPSA) is 140 Å². The Hall–Kier alpha value is -2.97. The fourth-order valence-corrected chi connectivity index (χ4v) is 1.70. The molecule has 1 atom stereocenters. The average molecular weight is 295 g/mol. The number of carboxylic acids is 1. The minimum atomic E-state index is -1.39. The van der Waals surface area contributed by atoms with Crippen LogP contribution in [-0.2, 0) is 9.59 Å². The van der Waals surface area contributed by atoms with E-state index in [1.807, 2.05) is 0 Å². The number of ether oxygens (including phenoxy) is 2. The largest absolute Gasteiger partial charge is 0.480 e. The molecule has 0 fully saturated rings. The van der Waals surface area contributed by atoms with Crippen LogP contribution < -0.4 is 25.8 Å². The van der Waals surface area contributed by atoms with E-state index in [0.29, 0.717) is 17.2 Å². The van der Waals surface area contributed by atoms with Gasteiger partial charge in [0.25, 0.3) is 0 Å². The van der Waals surface area contributed by atoms with Crippen LogP contribution in [0.3, 0.4) is 0 Å². The van der Waals surface area contributed by atoms with E-state index >= 15 is 0 Å². The fraction of sp³-hybridized carbons (Fsp3) is 0.250. The number of carbonyl (C=O) groups is 3. The number of benzene rings is 1. The predicted molar refractivity (Wildman–Crippen MR) is 70.0 cm³/mol. The van der Waals surface area contributed by atoms with Crippen LogP contribution >= 0.6 is 0 Å². The standard InChI is InChI=1S/C12H13N3O6/c13-10(16)4-7(11(17)18)15-12(19)14-6-1-2-8-9(3-6)21-5-20-8/h1-3,7H,4-5H2,(H2,13,16)(H,17,18)(H2,14,15,19)/t7-/m0/s1. The van der Waals surface area contributed by atoms with Crippen molar-refractivity contribution in [2.75, 3.05) is 12.1 Å². The molecule has 5 N–H and O–H groups in total. The lowest BCUT2D eigenvalue weighted by Crippen LogP contribution is -2.45. The maximum absolute atomic E-state index is 11.7. The Morgan fingerprint density at radius 1 is 1.29 bits per heavy atom. The maximum atomic E-state index is 11.7. The van der Waals surface area contributed by atoms with Gasteiger partial charge in [-0.15, -0.1) is 0 Å². The monoisotopic (exact) mass is 295 g/mol. The molecular weight excluding hydrogens is 282 g/mol. The number of fused-ring (bicyclic) bond motifs is 1. The third-order valence-corrected chi connectivity index (χ3v) is 2.64. The lowest BCUT2D eigenvalue weighted by Gasteiger charge is -2.13. The number of amides is 3. The predicted octanol–water partition coefficient (Wildman–Crippen LogP) is -0.135. The smallest absolute Gasteiger partial charge is 0.326 e. The van der Waals surface area contributed by atoms with E-state index in [2.05, 4.69) is 10.6 Å². The van der Waals surface area contributed by atoms with Crippen molar-refractivity contribution >= 4 is 23.6 Å². The van der Waals surface area contributed by atoms with Crippen molar-refractivity contribution in [3.05, 3.63) is 18.2 Å². The van der Waals surface area contributed by atoms with Crippen LogP contribution in [0.15, 0.2) is 18.2 Å². The van der Waals surface area contributed by atoms with Gasteiger partial charge in [-0.05, 0) is 12.1 Å². The summed E-state index contributed by atoms with van der Waals surface area (Å²) in [5, 5.41) is 13.4. The van der Waals surface area contributed by atoms with Crippen LogP contribution in [0.5, 0.6) is 11.5 Å². The van der Waals surface area contributed by atoms with Gasteiger partial charge in [-0.1, -0.05) is 0 Å². The second kappa shape index (κ2) is 5.99. The first-order chi connectivity index (χ1) is 9.95. The first-order valence-electron chi connectivity index (χ1n) is 5.94. The molecule has 1 aromatic carbocycles. The average Bonchev–Trinajstić information content (AvgIpc) is 2.84. The maximum Gasteiger partial charge on any atom is 0.326 e. The van der Waals surface area contributed by atoms with Crippen molar-refractivity contribution in [3.8, 4) is 11.5 Å². The molecule has 0 saturated carbocycles.